The van der Waals surface area contributed by atoms with Crippen molar-refractivity contribution in [1.29, 1.82) is 0 Å². The molecule has 4 nitrogen and oxygen atoms in total. The van der Waals surface area contributed by atoms with Crippen molar-refractivity contribution in [3.05, 3.63) is 71.6 Å². The van der Waals surface area contributed by atoms with Crippen LogP contribution in [0.1, 0.15) is 5.82 Å². The van der Waals surface area contributed by atoms with Gasteiger partial charge >= 0.3 is 0 Å². The van der Waals surface area contributed by atoms with Gasteiger partial charge in [-0.05, 0) is 43.3 Å². The predicted molar refractivity (Wildman–Crippen MR) is 86.1 cm³/mol. The zero-order valence-electron chi connectivity index (χ0n) is 12.9. The van der Waals surface area contributed by atoms with Crippen LogP contribution in [-0.2, 0) is 0 Å². The third kappa shape index (κ3) is 3.85. The van der Waals surface area contributed by atoms with E-state index >= 15 is 0 Å². The number of aryl methyl sites for hydroxylation is 1. The molecule has 3 aromatic rings. The van der Waals surface area contributed by atoms with Gasteiger partial charge in [0.2, 0.25) is 0 Å². The summed E-state index contributed by atoms with van der Waals surface area (Å²) in [6, 6.07) is 8.95. The van der Waals surface area contributed by atoms with Crippen LogP contribution in [0.3, 0.4) is 0 Å². The van der Waals surface area contributed by atoms with Crippen molar-refractivity contribution >= 4 is 23.0 Å². The Bertz CT molecular complexity index is 913. The molecule has 0 aliphatic rings. The fourth-order valence-corrected chi connectivity index (χ4v) is 2.14. The third-order valence-corrected chi connectivity index (χ3v) is 3.25. The van der Waals surface area contributed by atoms with Crippen molar-refractivity contribution in [1.82, 2.24) is 9.97 Å². The van der Waals surface area contributed by atoms with Gasteiger partial charge in [0.05, 0.1) is 5.69 Å². The Morgan fingerprint density at radius 1 is 0.760 bits per heavy atom. The summed E-state index contributed by atoms with van der Waals surface area (Å²) in [6.45, 7) is 1.61. The standard InChI is InChI=1S/C17H12F4N4/c1-9-22-14(24-11-4-2-10(18)3-5-11)8-15(23-9)25-13-7-6-12(19)16(20)17(13)21/h2-8H,1H3,(H2,22,23,24,25). The molecule has 1 aromatic heterocycles. The summed E-state index contributed by atoms with van der Waals surface area (Å²) < 4.78 is 53.0. The Morgan fingerprint density at radius 3 is 2.08 bits per heavy atom. The molecule has 0 radical (unpaired) electrons. The quantitative estimate of drug-likeness (QED) is 0.524. The molecule has 3 rings (SSSR count). The second-order valence-corrected chi connectivity index (χ2v) is 5.17. The van der Waals surface area contributed by atoms with Crippen LogP contribution in [0.15, 0.2) is 42.5 Å². The van der Waals surface area contributed by atoms with Gasteiger partial charge in [-0.25, -0.2) is 27.5 Å². The molecule has 0 saturated heterocycles. The van der Waals surface area contributed by atoms with Crippen LogP contribution in [0.4, 0.5) is 40.6 Å². The normalized spacial score (nSPS) is 10.6. The maximum Gasteiger partial charge on any atom is 0.196 e. The first-order valence-electron chi connectivity index (χ1n) is 7.21. The fraction of sp³-hybridized carbons (Fsp3) is 0.0588. The summed E-state index contributed by atoms with van der Waals surface area (Å²) in [4.78, 5) is 8.24. The number of halogens is 4. The smallest absolute Gasteiger partial charge is 0.196 e. The van der Waals surface area contributed by atoms with Crippen LogP contribution in [0, 0.1) is 30.2 Å². The van der Waals surface area contributed by atoms with E-state index in [1.54, 1.807) is 6.92 Å². The van der Waals surface area contributed by atoms with Gasteiger partial charge < -0.3 is 10.6 Å². The SMILES string of the molecule is Cc1nc(Nc2ccc(F)cc2)cc(Nc2ccc(F)c(F)c2F)n1. The summed E-state index contributed by atoms with van der Waals surface area (Å²) in [5.41, 5.74) is 0.328. The third-order valence-electron chi connectivity index (χ3n) is 3.25. The number of benzene rings is 2. The number of aromatic nitrogens is 2. The highest BCUT2D eigenvalue weighted by atomic mass is 19.2. The number of rotatable bonds is 4. The van der Waals surface area contributed by atoms with Crippen molar-refractivity contribution in [2.75, 3.05) is 10.6 Å². The van der Waals surface area contributed by atoms with Crippen molar-refractivity contribution in [2.24, 2.45) is 0 Å². The molecule has 0 fully saturated rings. The van der Waals surface area contributed by atoms with E-state index in [2.05, 4.69) is 20.6 Å². The topological polar surface area (TPSA) is 49.8 Å². The van der Waals surface area contributed by atoms with E-state index in [0.717, 1.165) is 12.1 Å². The van der Waals surface area contributed by atoms with Gasteiger partial charge in [0.25, 0.3) is 0 Å². The van der Waals surface area contributed by atoms with Crippen LogP contribution < -0.4 is 10.6 Å². The maximum atomic E-state index is 13.8. The lowest BCUT2D eigenvalue weighted by Gasteiger charge is -2.11. The first-order chi connectivity index (χ1) is 11.9. The summed E-state index contributed by atoms with van der Waals surface area (Å²) in [5, 5.41) is 5.53. The number of hydrogen-bond donors (Lipinski definition) is 2. The molecular weight excluding hydrogens is 336 g/mol. The summed E-state index contributed by atoms with van der Waals surface area (Å²) in [5.74, 6) is -3.66. The number of nitrogens with zero attached hydrogens (tertiary/aromatic N) is 2. The Morgan fingerprint density at radius 2 is 1.40 bits per heavy atom. The van der Waals surface area contributed by atoms with Crippen LogP contribution in [-0.4, -0.2) is 9.97 Å². The monoisotopic (exact) mass is 348 g/mol. The van der Waals surface area contributed by atoms with E-state index in [4.69, 9.17) is 0 Å². The molecule has 0 aliphatic heterocycles. The second kappa shape index (κ2) is 6.76. The highest BCUT2D eigenvalue weighted by molar-refractivity contribution is 5.63. The molecule has 0 bridgehead atoms. The van der Waals surface area contributed by atoms with Crippen molar-refractivity contribution in [3.63, 3.8) is 0 Å². The van der Waals surface area contributed by atoms with Gasteiger partial charge in [-0.3, -0.25) is 0 Å². The minimum Gasteiger partial charge on any atom is -0.340 e. The van der Waals surface area contributed by atoms with Gasteiger partial charge in [0, 0.05) is 11.8 Å². The molecular formula is C17H12F4N4. The molecule has 8 heteroatoms. The molecule has 25 heavy (non-hydrogen) atoms. The van der Waals surface area contributed by atoms with Crippen molar-refractivity contribution in [2.45, 2.75) is 6.92 Å². The van der Waals surface area contributed by atoms with Gasteiger partial charge in [0.1, 0.15) is 23.3 Å². The van der Waals surface area contributed by atoms with E-state index in [9.17, 15) is 17.6 Å². The Labute approximate surface area is 140 Å². The van der Waals surface area contributed by atoms with Crippen molar-refractivity contribution < 1.29 is 17.6 Å². The Kier molecular flexibility index (Phi) is 4.51. The number of nitrogens with one attached hydrogen (secondary N) is 2. The zero-order valence-corrected chi connectivity index (χ0v) is 12.9. The summed E-state index contributed by atoms with van der Waals surface area (Å²) in [6.07, 6.45) is 0. The number of hydrogen-bond acceptors (Lipinski definition) is 4. The fourth-order valence-electron chi connectivity index (χ4n) is 2.14. The molecule has 0 aliphatic carbocycles. The van der Waals surface area contributed by atoms with Gasteiger partial charge in [-0.2, -0.15) is 0 Å². The lowest BCUT2D eigenvalue weighted by molar-refractivity contribution is 0.449. The van der Waals surface area contributed by atoms with E-state index in [-0.39, 0.29) is 17.3 Å². The Balaban J connectivity index is 1.87. The zero-order chi connectivity index (χ0) is 18.0. The largest absolute Gasteiger partial charge is 0.340 e. The van der Waals surface area contributed by atoms with Crippen LogP contribution in [0.25, 0.3) is 0 Å². The molecule has 2 N–H and O–H groups in total. The molecule has 2 aromatic carbocycles. The van der Waals surface area contributed by atoms with E-state index < -0.39 is 17.5 Å². The van der Waals surface area contributed by atoms with Gasteiger partial charge in [-0.1, -0.05) is 0 Å². The van der Waals surface area contributed by atoms with Gasteiger partial charge in [0.15, 0.2) is 17.5 Å². The minimum atomic E-state index is -1.57. The maximum absolute atomic E-state index is 13.8. The van der Waals surface area contributed by atoms with Gasteiger partial charge in [-0.15, -0.1) is 0 Å². The Hall–Kier alpha value is -3.16. The first-order valence-corrected chi connectivity index (χ1v) is 7.21. The highest BCUT2D eigenvalue weighted by Crippen LogP contribution is 2.24. The molecule has 0 atom stereocenters. The minimum absolute atomic E-state index is 0.182. The molecule has 128 valence electrons. The van der Waals surface area contributed by atoms with Crippen LogP contribution >= 0.6 is 0 Å². The predicted octanol–water partition coefficient (Wildman–Crippen LogP) is 4.83. The van der Waals surface area contributed by atoms with E-state index in [1.165, 1.54) is 30.3 Å². The highest BCUT2D eigenvalue weighted by Gasteiger charge is 2.14. The molecule has 1 heterocycles. The van der Waals surface area contributed by atoms with Crippen molar-refractivity contribution in [3.8, 4) is 0 Å². The lowest BCUT2D eigenvalue weighted by atomic mass is 10.2. The van der Waals surface area contributed by atoms with Crippen LogP contribution in [0.2, 0.25) is 0 Å². The summed E-state index contributed by atoms with van der Waals surface area (Å²) >= 11 is 0. The lowest BCUT2D eigenvalue weighted by Crippen LogP contribution is -2.04. The first kappa shape index (κ1) is 16.7. The van der Waals surface area contributed by atoms with E-state index in [1.807, 2.05) is 0 Å². The van der Waals surface area contributed by atoms with Crippen LogP contribution in [0.5, 0.6) is 0 Å². The average Bonchev–Trinajstić information content (AvgIpc) is 2.57. The molecule has 0 spiro atoms. The average molecular weight is 348 g/mol. The van der Waals surface area contributed by atoms with E-state index in [0.29, 0.717) is 17.3 Å². The second-order valence-electron chi connectivity index (χ2n) is 5.17. The molecule has 0 amide bonds. The molecule has 0 saturated carbocycles. The summed E-state index contributed by atoms with van der Waals surface area (Å²) in [7, 11) is 0. The number of anilines is 4. The molecule has 0 unspecified atom stereocenters.